The number of hydrogen-bond acceptors (Lipinski definition) is 3. The quantitative estimate of drug-likeness (QED) is 0.792. The fraction of sp³-hybridized carbons (Fsp3) is 0.435. The van der Waals surface area contributed by atoms with Crippen LogP contribution in [0.25, 0.3) is 0 Å². The van der Waals surface area contributed by atoms with E-state index in [1.807, 2.05) is 12.1 Å². The zero-order chi connectivity index (χ0) is 19.3. The number of para-hydroxylation sites is 1. The van der Waals surface area contributed by atoms with Gasteiger partial charge in [0.05, 0.1) is 25.8 Å². The summed E-state index contributed by atoms with van der Waals surface area (Å²) in [6.45, 7) is 6.97. The SMILES string of the molecule is C[C@@H](NC(=O)CN1CCc2ccccc21)[C@H](c1ccccc1)[NH+]1CCOCC1. The van der Waals surface area contributed by atoms with Crippen LogP contribution in [0.1, 0.15) is 24.1 Å². The van der Waals surface area contributed by atoms with Crippen LogP contribution in [0.4, 0.5) is 5.69 Å². The van der Waals surface area contributed by atoms with E-state index in [0.29, 0.717) is 6.54 Å². The summed E-state index contributed by atoms with van der Waals surface area (Å²) >= 11 is 0. The van der Waals surface area contributed by atoms with Crippen molar-refractivity contribution in [2.75, 3.05) is 44.3 Å². The van der Waals surface area contributed by atoms with Gasteiger partial charge in [0.15, 0.2) is 0 Å². The lowest BCUT2D eigenvalue weighted by Crippen LogP contribution is -3.15. The zero-order valence-electron chi connectivity index (χ0n) is 16.6. The molecule has 0 aromatic heterocycles. The largest absolute Gasteiger partial charge is 0.370 e. The van der Waals surface area contributed by atoms with Crippen molar-refractivity contribution in [2.24, 2.45) is 0 Å². The molecule has 2 N–H and O–H groups in total. The first-order valence-electron chi connectivity index (χ1n) is 10.3. The monoisotopic (exact) mass is 380 g/mol. The van der Waals surface area contributed by atoms with E-state index >= 15 is 0 Å². The Morgan fingerprint density at radius 1 is 1.11 bits per heavy atom. The van der Waals surface area contributed by atoms with Crippen molar-refractivity contribution >= 4 is 11.6 Å². The first-order chi connectivity index (χ1) is 13.7. The number of nitrogens with zero attached hydrogens (tertiary/aromatic N) is 1. The topological polar surface area (TPSA) is 46.0 Å². The molecular weight excluding hydrogens is 350 g/mol. The summed E-state index contributed by atoms with van der Waals surface area (Å²) in [5, 5.41) is 3.29. The maximum absolute atomic E-state index is 12.9. The molecule has 2 aliphatic heterocycles. The number of anilines is 1. The van der Waals surface area contributed by atoms with Gasteiger partial charge < -0.3 is 19.9 Å². The number of amides is 1. The minimum absolute atomic E-state index is 0.0563. The van der Waals surface area contributed by atoms with Crippen LogP contribution >= 0.6 is 0 Å². The van der Waals surface area contributed by atoms with Crippen LogP contribution in [-0.4, -0.2) is 51.3 Å². The van der Waals surface area contributed by atoms with Gasteiger partial charge in [-0.15, -0.1) is 0 Å². The van der Waals surface area contributed by atoms with Crippen LogP contribution in [0.5, 0.6) is 0 Å². The molecule has 0 spiro atoms. The standard InChI is InChI=1S/C23H29N3O2/c1-18(23(20-8-3-2-4-9-20)25-13-15-28-16-14-25)24-22(27)17-26-12-11-19-7-5-6-10-21(19)26/h2-10,18,23H,11-17H2,1H3,(H,24,27)/p+1/t18-,23-/m1/s1. The molecule has 5 nitrogen and oxygen atoms in total. The Bertz CT molecular complexity index is 789. The summed E-state index contributed by atoms with van der Waals surface area (Å²) in [4.78, 5) is 16.5. The van der Waals surface area contributed by atoms with Crippen molar-refractivity contribution in [3.8, 4) is 0 Å². The van der Waals surface area contributed by atoms with E-state index in [1.165, 1.54) is 21.7 Å². The smallest absolute Gasteiger partial charge is 0.239 e. The third kappa shape index (κ3) is 4.21. The zero-order valence-corrected chi connectivity index (χ0v) is 16.6. The van der Waals surface area contributed by atoms with E-state index in [4.69, 9.17) is 4.74 Å². The van der Waals surface area contributed by atoms with Crippen LogP contribution in [0.15, 0.2) is 54.6 Å². The number of benzene rings is 2. The molecule has 2 heterocycles. The van der Waals surface area contributed by atoms with E-state index in [0.717, 1.165) is 39.3 Å². The molecule has 1 saturated heterocycles. The molecule has 1 fully saturated rings. The summed E-state index contributed by atoms with van der Waals surface area (Å²) in [5.41, 5.74) is 3.81. The number of rotatable bonds is 6. The third-order valence-corrected chi connectivity index (χ3v) is 5.94. The fourth-order valence-corrected chi connectivity index (χ4v) is 4.61. The predicted molar refractivity (Wildman–Crippen MR) is 111 cm³/mol. The van der Waals surface area contributed by atoms with Gasteiger partial charge in [-0.2, -0.15) is 0 Å². The van der Waals surface area contributed by atoms with Crippen molar-refractivity contribution < 1.29 is 14.4 Å². The Morgan fingerprint density at radius 2 is 1.82 bits per heavy atom. The molecular formula is C23H30N3O2+. The fourth-order valence-electron chi connectivity index (χ4n) is 4.61. The lowest BCUT2D eigenvalue weighted by atomic mass is 9.98. The normalized spacial score (nSPS) is 19.1. The number of carbonyl (C=O) groups excluding carboxylic acids is 1. The van der Waals surface area contributed by atoms with Gasteiger partial charge in [-0.1, -0.05) is 48.5 Å². The van der Waals surface area contributed by atoms with E-state index in [1.54, 1.807) is 0 Å². The van der Waals surface area contributed by atoms with Gasteiger partial charge in [0.25, 0.3) is 0 Å². The highest BCUT2D eigenvalue weighted by atomic mass is 16.5. The van der Waals surface area contributed by atoms with Gasteiger partial charge in [-0.05, 0) is 25.0 Å². The predicted octanol–water partition coefficient (Wildman–Crippen LogP) is 1.21. The second kappa shape index (κ2) is 8.76. The van der Waals surface area contributed by atoms with Gasteiger partial charge >= 0.3 is 0 Å². The van der Waals surface area contributed by atoms with Crippen molar-refractivity contribution in [3.63, 3.8) is 0 Å². The van der Waals surface area contributed by atoms with Crippen molar-refractivity contribution in [1.29, 1.82) is 0 Å². The van der Waals surface area contributed by atoms with Crippen molar-refractivity contribution in [2.45, 2.75) is 25.4 Å². The van der Waals surface area contributed by atoms with E-state index < -0.39 is 0 Å². The molecule has 2 aromatic rings. The van der Waals surface area contributed by atoms with Crippen LogP contribution in [-0.2, 0) is 16.0 Å². The average molecular weight is 381 g/mol. The number of fused-ring (bicyclic) bond motifs is 1. The summed E-state index contributed by atoms with van der Waals surface area (Å²) in [5.74, 6) is 0.0952. The molecule has 0 saturated carbocycles. The highest BCUT2D eigenvalue weighted by molar-refractivity contribution is 5.82. The number of hydrogen-bond donors (Lipinski definition) is 2. The number of carbonyl (C=O) groups is 1. The Morgan fingerprint density at radius 3 is 2.61 bits per heavy atom. The Kier molecular flexibility index (Phi) is 5.93. The van der Waals surface area contributed by atoms with Gasteiger partial charge in [-0.25, -0.2) is 0 Å². The Balaban J connectivity index is 1.44. The summed E-state index contributed by atoms with van der Waals surface area (Å²) < 4.78 is 5.55. The molecule has 0 bridgehead atoms. The number of morpholine rings is 1. The van der Waals surface area contributed by atoms with Gasteiger partial charge in [0, 0.05) is 17.8 Å². The Labute approximate surface area is 167 Å². The highest BCUT2D eigenvalue weighted by Gasteiger charge is 2.32. The third-order valence-electron chi connectivity index (χ3n) is 5.94. The molecule has 2 aromatic carbocycles. The van der Waals surface area contributed by atoms with E-state index in [-0.39, 0.29) is 18.0 Å². The first kappa shape index (κ1) is 19.0. The minimum atomic E-state index is 0.0563. The van der Waals surface area contributed by atoms with Gasteiger partial charge in [-0.3, -0.25) is 4.79 Å². The maximum atomic E-state index is 12.9. The lowest BCUT2D eigenvalue weighted by Gasteiger charge is -2.35. The van der Waals surface area contributed by atoms with Gasteiger partial charge in [0.2, 0.25) is 5.91 Å². The van der Waals surface area contributed by atoms with Crippen molar-refractivity contribution in [1.82, 2.24) is 5.32 Å². The second-order valence-electron chi connectivity index (χ2n) is 7.82. The number of ether oxygens (including phenoxy) is 1. The average Bonchev–Trinajstić information content (AvgIpc) is 3.12. The summed E-state index contributed by atoms with van der Waals surface area (Å²) in [6.07, 6.45) is 1.02. The molecule has 0 radical (unpaired) electrons. The van der Waals surface area contributed by atoms with Crippen LogP contribution in [0.3, 0.4) is 0 Å². The van der Waals surface area contributed by atoms with Crippen molar-refractivity contribution in [3.05, 3.63) is 65.7 Å². The summed E-state index contributed by atoms with van der Waals surface area (Å²) in [6, 6.07) is 19.2. The molecule has 2 aliphatic rings. The molecule has 0 aliphatic carbocycles. The molecule has 5 heteroatoms. The molecule has 4 rings (SSSR count). The van der Waals surface area contributed by atoms with Crippen LogP contribution in [0.2, 0.25) is 0 Å². The second-order valence-corrected chi connectivity index (χ2v) is 7.82. The molecule has 148 valence electrons. The lowest BCUT2D eigenvalue weighted by molar-refractivity contribution is -0.940. The maximum Gasteiger partial charge on any atom is 0.239 e. The van der Waals surface area contributed by atoms with E-state index in [2.05, 4.69) is 59.6 Å². The van der Waals surface area contributed by atoms with E-state index in [9.17, 15) is 4.79 Å². The van der Waals surface area contributed by atoms with Gasteiger partial charge in [0.1, 0.15) is 19.1 Å². The number of quaternary nitrogens is 1. The highest BCUT2D eigenvalue weighted by Crippen LogP contribution is 2.26. The number of nitrogens with one attached hydrogen (secondary N) is 2. The molecule has 1 amide bonds. The molecule has 0 unspecified atom stereocenters. The van der Waals surface area contributed by atoms with Crippen LogP contribution in [0, 0.1) is 0 Å². The summed E-state index contributed by atoms with van der Waals surface area (Å²) in [7, 11) is 0. The minimum Gasteiger partial charge on any atom is -0.370 e. The van der Waals surface area contributed by atoms with Crippen LogP contribution < -0.4 is 15.1 Å². The molecule has 28 heavy (non-hydrogen) atoms. The Hall–Kier alpha value is -2.37. The molecule has 2 atom stereocenters. The first-order valence-corrected chi connectivity index (χ1v) is 10.3.